The van der Waals surface area contributed by atoms with Gasteiger partial charge in [-0.1, -0.05) is 0 Å². The van der Waals surface area contributed by atoms with E-state index in [1.807, 2.05) is 44.2 Å². The van der Waals surface area contributed by atoms with Gasteiger partial charge in [0.1, 0.15) is 11.5 Å². The number of benzene rings is 1. The first-order valence-electron chi connectivity index (χ1n) is 6.64. The lowest BCUT2D eigenvalue weighted by Gasteiger charge is -2.17. The van der Waals surface area contributed by atoms with E-state index in [4.69, 9.17) is 9.47 Å². The molecule has 0 aliphatic rings. The number of thiophene rings is 1. The molecule has 0 aliphatic heterocycles. The van der Waals surface area contributed by atoms with Crippen LogP contribution in [-0.2, 0) is 0 Å². The zero-order chi connectivity index (χ0) is 15.4. The van der Waals surface area contributed by atoms with Crippen molar-refractivity contribution in [2.24, 2.45) is 0 Å². The van der Waals surface area contributed by atoms with Gasteiger partial charge in [0.2, 0.25) is 0 Å². The predicted molar refractivity (Wildman–Crippen MR) is 84.5 cm³/mol. The highest BCUT2D eigenvalue weighted by Gasteiger charge is 2.16. The molecule has 0 bridgehead atoms. The molecule has 0 spiro atoms. The van der Waals surface area contributed by atoms with Gasteiger partial charge in [-0.05, 0) is 38.1 Å². The van der Waals surface area contributed by atoms with Crippen molar-refractivity contribution in [1.82, 2.24) is 5.32 Å². The first kappa shape index (κ1) is 15.4. The van der Waals surface area contributed by atoms with Gasteiger partial charge in [0.25, 0.3) is 5.91 Å². The summed E-state index contributed by atoms with van der Waals surface area (Å²) in [5.74, 6) is 1.35. The molecule has 5 heteroatoms. The normalized spacial score (nSPS) is 11.8. The summed E-state index contributed by atoms with van der Waals surface area (Å²) in [6.45, 7) is 3.92. The maximum absolute atomic E-state index is 12.2. The Morgan fingerprint density at radius 1 is 1.19 bits per heavy atom. The molecular formula is C16H19NO3S. The molecule has 1 amide bonds. The van der Waals surface area contributed by atoms with Crippen molar-refractivity contribution >= 4 is 17.2 Å². The molecule has 112 valence electrons. The first-order chi connectivity index (χ1) is 10.0. The van der Waals surface area contributed by atoms with Crippen LogP contribution in [0.2, 0.25) is 0 Å². The summed E-state index contributed by atoms with van der Waals surface area (Å²) in [4.78, 5) is 14.0. The molecule has 2 rings (SSSR count). The molecule has 1 aromatic heterocycles. The number of aryl methyl sites for hydroxylation is 1. The van der Waals surface area contributed by atoms with Gasteiger partial charge in [0, 0.05) is 16.5 Å². The van der Waals surface area contributed by atoms with E-state index in [2.05, 4.69) is 5.32 Å². The highest BCUT2D eigenvalue weighted by Crippen LogP contribution is 2.29. The van der Waals surface area contributed by atoms with Crippen molar-refractivity contribution in [3.05, 3.63) is 45.6 Å². The monoisotopic (exact) mass is 305 g/mol. The summed E-state index contributed by atoms with van der Waals surface area (Å²) < 4.78 is 10.6. The summed E-state index contributed by atoms with van der Waals surface area (Å²) in [5.41, 5.74) is 0.917. The fourth-order valence-electron chi connectivity index (χ4n) is 2.08. The Morgan fingerprint density at radius 3 is 2.52 bits per heavy atom. The second-order valence-electron chi connectivity index (χ2n) is 4.71. The van der Waals surface area contributed by atoms with Crippen LogP contribution in [0.15, 0.2) is 30.3 Å². The topological polar surface area (TPSA) is 47.6 Å². The minimum absolute atomic E-state index is 0.0709. The number of hydrogen-bond acceptors (Lipinski definition) is 4. The fourth-order valence-corrected chi connectivity index (χ4v) is 2.85. The summed E-state index contributed by atoms with van der Waals surface area (Å²) in [7, 11) is 3.22. The number of hydrogen-bond donors (Lipinski definition) is 1. The molecule has 0 fully saturated rings. The van der Waals surface area contributed by atoms with Crippen LogP contribution >= 0.6 is 11.3 Å². The molecule has 1 aromatic carbocycles. The van der Waals surface area contributed by atoms with Crippen LogP contribution in [0.1, 0.15) is 33.1 Å². The Hall–Kier alpha value is -2.01. The minimum Gasteiger partial charge on any atom is -0.497 e. The van der Waals surface area contributed by atoms with Crippen LogP contribution in [0.5, 0.6) is 11.5 Å². The molecular weight excluding hydrogens is 286 g/mol. The van der Waals surface area contributed by atoms with Crippen LogP contribution in [0.4, 0.5) is 0 Å². The Bertz CT molecular complexity index is 636. The van der Waals surface area contributed by atoms with Gasteiger partial charge < -0.3 is 14.8 Å². The quantitative estimate of drug-likeness (QED) is 0.918. The van der Waals surface area contributed by atoms with Crippen molar-refractivity contribution in [2.75, 3.05) is 14.2 Å². The Morgan fingerprint density at radius 2 is 1.95 bits per heavy atom. The number of methoxy groups -OCH3 is 2. The van der Waals surface area contributed by atoms with Crippen molar-refractivity contribution in [3.8, 4) is 11.5 Å². The van der Waals surface area contributed by atoms with Crippen LogP contribution in [0.3, 0.4) is 0 Å². The van der Waals surface area contributed by atoms with E-state index in [0.717, 1.165) is 16.2 Å². The number of carbonyl (C=O) groups excluding carboxylic acids is 1. The average Bonchev–Trinajstić information content (AvgIpc) is 2.93. The average molecular weight is 305 g/mol. The van der Waals surface area contributed by atoms with E-state index >= 15 is 0 Å². The van der Waals surface area contributed by atoms with E-state index in [1.54, 1.807) is 14.2 Å². The third-order valence-electron chi connectivity index (χ3n) is 3.22. The predicted octanol–water partition coefficient (Wildman–Crippen LogP) is 3.56. The van der Waals surface area contributed by atoms with Gasteiger partial charge in [-0.15, -0.1) is 11.3 Å². The number of nitrogens with one attached hydrogen (secondary N) is 1. The zero-order valence-electron chi connectivity index (χ0n) is 12.6. The number of amides is 1. The lowest BCUT2D eigenvalue weighted by molar-refractivity contribution is 0.0943. The lowest BCUT2D eigenvalue weighted by Crippen LogP contribution is -2.26. The Balaban J connectivity index is 2.16. The Labute approximate surface area is 128 Å². The molecule has 1 heterocycles. The van der Waals surface area contributed by atoms with Gasteiger partial charge >= 0.3 is 0 Å². The van der Waals surface area contributed by atoms with Crippen LogP contribution in [0.25, 0.3) is 0 Å². The SMILES string of the molecule is COc1ccc(C(C)NC(=O)c2ccc(C)s2)c(OC)c1. The smallest absolute Gasteiger partial charge is 0.261 e. The summed E-state index contributed by atoms with van der Waals surface area (Å²) in [5, 5.41) is 2.99. The van der Waals surface area contributed by atoms with E-state index in [1.165, 1.54) is 11.3 Å². The van der Waals surface area contributed by atoms with E-state index in [0.29, 0.717) is 10.6 Å². The second kappa shape index (κ2) is 6.63. The molecule has 4 nitrogen and oxygen atoms in total. The maximum atomic E-state index is 12.2. The van der Waals surface area contributed by atoms with Crippen LogP contribution in [0, 0.1) is 6.92 Å². The second-order valence-corrected chi connectivity index (χ2v) is 6.00. The third kappa shape index (κ3) is 3.55. The molecule has 0 saturated carbocycles. The largest absolute Gasteiger partial charge is 0.497 e. The summed E-state index contributed by atoms with van der Waals surface area (Å²) in [6, 6.07) is 9.21. The van der Waals surface area contributed by atoms with Crippen molar-refractivity contribution in [3.63, 3.8) is 0 Å². The molecule has 0 aliphatic carbocycles. The van der Waals surface area contributed by atoms with Gasteiger partial charge in [-0.3, -0.25) is 4.79 Å². The Kier molecular flexibility index (Phi) is 4.85. The minimum atomic E-state index is -0.152. The molecule has 0 saturated heterocycles. The van der Waals surface area contributed by atoms with Crippen molar-refractivity contribution < 1.29 is 14.3 Å². The first-order valence-corrected chi connectivity index (χ1v) is 7.46. The molecule has 0 radical (unpaired) electrons. The summed E-state index contributed by atoms with van der Waals surface area (Å²) in [6.07, 6.45) is 0. The van der Waals surface area contributed by atoms with Gasteiger partial charge in [0.15, 0.2) is 0 Å². The third-order valence-corrected chi connectivity index (χ3v) is 4.22. The van der Waals surface area contributed by atoms with Crippen molar-refractivity contribution in [1.29, 1.82) is 0 Å². The molecule has 1 unspecified atom stereocenters. The van der Waals surface area contributed by atoms with Gasteiger partial charge in [-0.25, -0.2) is 0 Å². The number of rotatable bonds is 5. The zero-order valence-corrected chi connectivity index (χ0v) is 13.4. The van der Waals surface area contributed by atoms with E-state index in [9.17, 15) is 4.79 Å². The lowest BCUT2D eigenvalue weighted by atomic mass is 10.1. The molecule has 2 aromatic rings. The maximum Gasteiger partial charge on any atom is 0.261 e. The molecule has 1 atom stereocenters. The molecule has 21 heavy (non-hydrogen) atoms. The standard InChI is InChI=1S/C16H19NO3S/c1-10-5-8-15(21-10)16(18)17-11(2)13-7-6-12(19-3)9-14(13)20-4/h5-9,11H,1-4H3,(H,17,18). The van der Waals surface area contributed by atoms with Gasteiger partial charge in [0.05, 0.1) is 25.1 Å². The number of carbonyl (C=O) groups is 1. The van der Waals surface area contributed by atoms with E-state index < -0.39 is 0 Å². The van der Waals surface area contributed by atoms with Gasteiger partial charge in [-0.2, -0.15) is 0 Å². The van der Waals surface area contributed by atoms with Crippen LogP contribution < -0.4 is 14.8 Å². The van der Waals surface area contributed by atoms with Crippen LogP contribution in [-0.4, -0.2) is 20.1 Å². The number of ether oxygens (including phenoxy) is 2. The fraction of sp³-hybridized carbons (Fsp3) is 0.312. The summed E-state index contributed by atoms with van der Waals surface area (Å²) >= 11 is 1.49. The van der Waals surface area contributed by atoms with E-state index in [-0.39, 0.29) is 11.9 Å². The molecule has 1 N–H and O–H groups in total. The highest BCUT2D eigenvalue weighted by atomic mass is 32.1. The van der Waals surface area contributed by atoms with Crippen molar-refractivity contribution in [2.45, 2.75) is 19.9 Å². The highest BCUT2D eigenvalue weighted by molar-refractivity contribution is 7.13.